The molecule has 0 fully saturated rings. The Bertz CT molecular complexity index is 2010. The number of rotatable bonds is 1. The van der Waals surface area contributed by atoms with Crippen molar-refractivity contribution >= 4 is 75.2 Å². The first kappa shape index (κ1) is 17.4. The fourth-order valence-corrected chi connectivity index (χ4v) is 6.21. The standard InChI is InChI=1S/C29H16N2OS/c1-2-8-18-14-24-20(13-17(18)7-1)21-16-28-22(19-9-3-6-12-27(19)33-28)15-25(21)31(24)29-30-23-10-4-5-11-26(23)32-29/h1-16H. The van der Waals surface area contributed by atoms with E-state index < -0.39 is 0 Å². The summed E-state index contributed by atoms with van der Waals surface area (Å²) >= 11 is 1.85. The third-order valence-electron chi connectivity index (χ3n) is 6.60. The van der Waals surface area contributed by atoms with Gasteiger partial charge >= 0.3 is 6.01 Å². The molecule has 0 spiro atoms. The number of hydrogen-bond donors (Lipinski definition) is 0. The number of hydrogen-bond acceptors (Lipinski definition) is 3. The molecular formula is C29H16N2OS. The zero-order chi connectivity index (χ0) is 21.5. The van der Waals surface area contributed by atoms with Crippen LogP contribution >= 0.6 is 11.3 Å². The van der Waals surface area contributed by atoms with E-state index in [1.807, 2.05) is 35.6 Å². The summed E-state index contributed by atoms with van der Waals surface area (Å²) in [6.45, 7) is 0. The first-order valence-electron chi connectivity index (χ1n) is 11.0. The molecule has 33 heavy (non-hydrogen) atoms. The summed E-state index contributed by atoms with van der Waals surface area (Å²) in [5.41, 5.74) is 3.89. The second-order valence-electron chi connectivity index (χ2n) is 8.48. The average Bonchev–Trinajstić information content (AvgIpc) is 3.52. The smallest absolute Gasteiger partial charge is 0.307 e. The van der Waals surface area contributed by atoms with E-state index in [4.69, 9.17) is 9.40 Å². The molecule has 8 aromatic rings. The Hall–Kier alpha value is -4.15. The minimum Gasteiger partial charge on any atom is -0.423 e. The Morgan fingerprint density at radius 3 is 2.24 bits per heavy atom. The van der Waals surface area contributed by atoms with Crippen molar-refractivity contribution in [1.29, 1.82) is 0 Å². The monoisotopic (exact) mass is 440 g/mol. The van der Waals surface area contributed by atoms with Crippen LogP contribution in [-0.2, 0) is 0 Å². The molecule has 0 aliphatic carbocycles. The molecule has 0 N–H and O–H groups in total. The molecule has 4 heteroatoms. The topological polar surface area (TPSA) is 31.0 Å². The number of benzene rings is 5. The molecule has 8 rings (SSSR count). The highest BCUT2D eigenvalue weighted by atomic mass is 32.1. The van der Waals surface area contributed by atoms with Gasteiger partial charge in [0.1, 0.15) is 5.52 Å². The fourth-order valence-electron chi connectivity index (χ4n) is 5.08. The third-order valence-corrected chi connectivity index (χ3v) is 7.74. The Morgan fingerprint density at radius 2 is 1.33 bits per heavy atom. The lowest BCUT2D eigenvalue weighted by atomic mass is 10.1. The molecule has 0 aliphatic rings. The molecule has 0 amide bonds. The van der Waals surface area contributed by atoms with E-state index in [0.29, 0.717) is 6.01 Å². The molecular weight excluding hydrogens is 424 g/mol. The number of oxazole rings is 1. The highest BCUT2D eigenvalue weighted by molar-refractivity contribution is 7.25. The largest absolute Gasteiger partial charge is 0.423 e. The van der Waals surface area contributed by atoms with Crippen LogP contribution in [0.5, 0.6) is 0 Å². The molecule has 3 aromatic heterocycles. The zero-order valence-corrected chi connectivity index (χ0v) is 18.3. The van der Waals surface area contributed by atoms with Crippen LogP contribution in [-0.4, -0.2) is 9.55 Å². The SMILES string of the molecule is c1ccc2cc3c(cc2c1)c1cc2sc4ccccc4c2cc1n3-c1nc2ccccc2o1. The van der Waals surface area contributed by atoms with E-state index in [-0.39, 0.29) is 0 Å². The third kappa shape index (κ3) is 2.36. The van der Waals surface area contributed by atoms with Crippen LogP contribution < -0.4 is 0 Å². The van der Waals surface area contributed by atoms with Gasteiger partial charge in [-0.05, 0) is 53.2 Å². The Balaban J connectivity index is 1.60. The molecule has 0 atom stereocenters. The molecule has 154 valence electrons. The lowest BCUT2D eigenvalue weighted by Crippen LogP contribution is -1.93. The van der Waals surface area contributed by atoms with Crippen molar-refractivity contribution in [3.8, 4) is 6.01 Å². The summed E-state index contributed by atoms with van der Waals surface area (Å²) in [6.07, 6.45) is 0. The first-order valence-corrected chi connectivity index (χ1v) is 11.8. The first-order chi connectivity index (χ1) is 16.3. The van der Waals surface area contributed by atoms with Crippen LogP contribution in [0.2, 0.25) is 0 Å². The second kappa shape index (κ2) is 6.21. The molecule has 5 aromatic carbocycles. The predicted molar refractivity (Wildman–Crippen MR) is 139 cm³/mol. The minimum atomic E-state index is 0.602. The predicted octanol–water partition coefficient (Wildman–Crippen LogP) is 8.45. The summed E-state index contributed by atoms with van der Waals surface area (Å²) in [4.78, 5) is 4.86. The molecule has 0 bridgehead atoms. The van der Waals surface area contributed by atoms with Crippen molar-refractivity contribution in [2.45, 2.75) is 0 Å². The zero-order valence-electron chi connectivity index (χ0n) is 17.4. The van der Waals surface area contributed by atoms with Gasteiger partial charge < -0.3 is 4.42 Å². The van der Waals surface area contributed by atoms with Gasteiger partial charge in [0.2, 0.25) is 0 Å². The maximum absolute atomic E-state index is 6.28. The molecule has 0 unspecified atom stereocenters. The number of para-hydroxylation sites is 2. The molecule has 0 radical (unpaired) electrons. The van der Waals surface area contributed by atoms with E-state index in [1.54, 1.807) is 0 Å². The van der Waals surface area contributed by atoms with Crippen molar-refractivity contribution in [3.63, 3.8) is 0 Å². The normalized spacial score (nSPS) is 12.2. The quantitative estimate of drug-likeness (QED) is 0.256. The van der Waals surface area contributed by atoms with Crippen molar-refractivity contribution in [3.05, 3.63) is 97.1 Å². The van der Waals surface area contributed by atoms with Crippen LogP contribution in [0.15, 0.2) is 101 Å². The summed E-state index contributed by atoms with van der Waals surface area (Å²) in [5.74, 6) is 0. The van der Waals surface area contributed by atoms with Gasteiger partial charge in [-0.1, -0.05) is 54.6 Å². The Labute approximate surface area is 192 Å². The lowest BCUT2D eigenvalue weighted by molar-refractivity contribution is 0.574. The van der Waals surface area contributed by atoms with Crippen LogP contribution in [0, 0.1) is 0 Å². The van der Waals surface area contributed by atoms with Crippen LogP contribution in [0.4, 0.5) is 0 Å². The fraction of sp³-hybridized carbons (Fsp3) is 0. The average molecular weight is 441 g/mol. The summed E-state index contributed by atoms with van der Waals surface area (Å²) in [5, 5.41) is 7.43. The van der Waals surface area contributed by atoms with E-state index in [0.717, 1.165) is 22.1 Å². The maximum Gasteiger partial charge on any atom is 0.307 e. The number of thiophene rings is 1. The van der Waals surface area contributed by atoms with Crippen LogP contribution in [0.1, 0.15) is 0 Å². The minimum absolute atomic E-state index is 0.602. The van der Waals surface area contributed by atoms with Gasteiger partial charge in [-0.3, -0.25) is 4.57 Å². The van der Waals surface area contributed by atoms with Gasteiger partial charge in [0.25, 0.3) is 0 Å². The highest BCUT2D eigenvalue weighted by Gasteiger charge is 2.19. The summed E-state index contributed by atoms with van der Waals surface area (Å²) < 4.78 is 11.1. The lowest BCUT2D eigenvalue weighted by Gasteiger charge is -2.03. The van der Waals surface area contributed by atoms with Crippen molar-refractivity contribution in [1.82, 2.24) is 9.55 Å². The van der Waals surface area contributed by atoms with E-state index in [1.165, 1.54) is 41.7 Å². The molecule has 3 nitrogen and oxygen atoms in total. The number of aromatic nitrogens is 2. The van der Waals surface area contributed by atoms with Crippen molar-refractivity contribution in [2.75, 3.05) is 0 Å². The van der Waals surface area contributed by atoms with Gasteiger partial charge in [-0.15, -0.1) is 11.3 Å². The van der Waals surface area contributed by atoms with E-state index in [9.17, 15) is 0 Å². The van der Waals surface area contributed by atoms with Crippen molar-refractivity contribution in [2.24, 2.45) is 0 Å². The van der Waals surface area contributed by atoms with Crippen molar-refractivity contribution < 1.29 is 4.42 Å². The molecule has 0 saturated carbocycles. The number of nitrogens with zero attached hydrogens (tertiary/aromatic N) is 2. The summed E-state index contributed by atoms with van der Waals surface area (Å²) in [6, 6.07) is 34.9. The Kier molecular flexibility index (Phi) is 3.28. The van der Waals surface area contributed by atoms with E-state index >= 15 is 0 Å². The van der Waals surface area contributed by atoms with Gasteiger partial charge in [0.05, 0.1) is 11.0 Å². The Morgan fingerprint density at radius 1 is 0.606 bits per heavy atom. The number of fused-ring (bicyclic) bond motifs is 8. The van der Waals surface area contributed by atoms with Gasteiger partial charge in [0.15, 0.2) is 5.58 Å². The van der Waals surface area contributed by atoms with Gasteiger partial charge in [0, 0.05) is 30.9 Å². The van der Waals surface area contributed by atoms with Gasteiger partial charge in [-0.2, -0.15) is 4.98 Å². The molecule has 0 aliphatic heterocycles. The molecule has 0 saturated heterocycles. The highest BCUT2D eigenvalue weighted by Crippen LogP contribution is 2.41. The van der Waals surface area contributed by atoms with Crippen LogP contribution in [0.25, 0.3) is 69.9 Å². The van der Waals surface area contributed by atoms with E-state index in [2.05, 4.69) is 77.4 Å². The maximum atomic E-state index is 6.28. The summed E-state index contributed by atoms with van der Waals surface area (Å²) in [7, 11) is 0. The second-order valence-corrected chi connectivity index (χ2v) is 9.56. The molecule has 3 heterocycles. The van der Waals surface area contributed by atoms with Gasteiger partial charge in [-0.25, -0.2) is 0 Å². The van der Waals surface area contributed by atoms with Crippen LogP contribution in [0.3, 0.4) is 0 Å².